The quantitative estimate of drug-likeness (QED) is 0.520. The van der Waals surface area contributed by atoms with Crippen LogP contribution in [0.15, 0.2) is 78.9 Å². The lowest BCUT2D eigenvalue weighted by molar-refractivity contribution is -0.130. The molecule has 2 saturated heterocycles. The number of carbonyl (C=O) groups excluding carboxylic acids is 3. The van der Waals surface area contributed by atoms with Crippen molar-refractivity contribution < 1.29 is 14.4 Å². The summed E-state index contributed by atoms with van der Waals surface area (Å²) in [5, 5.41) is 14.6. The minimum absolute atomic E-state index is 0.00482. The van der Waals surface area contributed by atoms with Crippen molar-refractivity contribution in [2.45, 2.75) is 19.0 Å². The van der Waals surface area contributed by atoms with Crippen LogP contribution in [0.3, 0.4) is 0 Å². The summed E-state index contributed by atoms with van der Waals surface area (Å²) in [7, 11) is 0. The Kier molecular flexibility index (Phi) is 6.01. The summed E-state index contributed by atoms with van der Waals surface area (Å²) < 4.78 is 0. The molecule has 3 aromatic carbocycles. The second kappa shape index (κ2) is 9.30. The van der Waals surface area contributed by atoms with E-state index in [1.807, 2.05) is 73.7 Å². The van der Waals surface area contributed by atoms with Crippen molar-refractivity contribution in [2.75, 3.05) is 19.6 Å². The molecular formula is C28H27N5O3. The summed E-state index contributed by atoms with van der Waals surface area (Å²) in [5.74, 6) is -0.664. The maximum Gasteiger partial charge on any atom is 0.264 e. The van der Waals surface area contributed by atoms with Gasteiger partial charge < -0.3 is 15.5 Å². The Balaban J connectivity index is 1.47. The average Bonchev–Trinajstić information content (AvgIpc) is 3.14. The van der Waals surface area contributed by atoms with E-state index in [0.717, 1.165) is 22.3 Å². The fraction of sp³-hybridized carbons (Fsp3) is 0.214. The minimum Gasteiger partial charge on any atom is -0.353 e. The highest BCUT2D eigenvalue weighted by molar-refractivity contribution is 6.10. The maximum absolute atomic E-state index is 14.0. The van der Waals surface area contributed by atoms with E-state index in [4.69, 9.17) is 5.41 Å². The number of carbonyl (C=O) groups is 3. The lowest BCUT2D eigenvalue weighted by Crippen LogP contribution is -2.50. The normalized spacial score (nSPS) is 17.1. The average molecular weight is 482 g/mol. The predicted molar refractivity (Wildman–Crippen MR) is 135 cm³/mol. The van der Waals surface area contributed by atoms with Gasteiger partial charge in [-0.15, -0.1) is 0 Å². The van der Waals surface area contributed by atoms with E-state index in [1.165, 1.54) is 9.80 Å². The van der Waals surface area contributed by atoms with E-state index < -0.39 is 5.54 Å². The molecule has 0 aliphatic carbocycles. The molecule has 0 atom stereocenters. The van der Waals surface area contributed by atoms with Gasteiger partial charge in [-0.05, 0) is 41.3 Å². The number of nitrogens with one attached hydrogen (secondary N) is 3. The van der Waals surface area contributed by atoms with Crippen molar-refractivity contribution in [1.82, 2.24) is 20.4 Å². The van der Waals surface area contributed by atoms with Crippen LogP contribution >= 0.6 is 0 Å². The van der Waals surface area contributed by atoms with E-state index in [-0.39, 0.29) is 36.8 Å². The molecule has 0 radical (unpaired) electrons. The number of guanidine groups is 1. The van der Waals surface area contributed by atoms with Gasteiger partial charge in [0.25, 0.3) is 11.8 Å². The van der Waals surface area contributed by atoms with Gasteiger partial charge in [0.2, 0.25) is 5.91 Å². The SMILES string of the molecule is Cc1cc(CN2C(=N)NC(c3ccccc3)(c3ccccc3)C2=O)cc(C(=O)N2CCNC(=O)C2)c1. The van der Waals surface area contributed by atoms with E-state index >= 15 is 0 Å². The lowest BCUT2D eigenvalue weighted by Gasteiger charge is -2.28. The molecule has 8 nitrogen and oxygen atoms in total. The molecule has 0 saturated carbocycles. The fourth-order valence-electron chi connectivity index (χ4n) is 4.94. The lowest BCUT2D eigenvalue weighted by atomic mass is 9.82. The summed E-state index contributed by atoms with van der Waals surface area (Å²) in [6, 6.07) is 24.2. The number of aryl methyl sites for hydroxylation is 1. The van der Waals surface area contributed by atoms with Crippen LogP contribution in [0, 0.1) is 12.3 Å². The Morgan fingerprint density at radius 2 is 1.61 bits per heavy atom. The van der Waals surface area contributed by atoms with Gasteiger partial charge in [-0.1, -0.05) is 66.7 Å². The van der Waals surface area contributed by atoms with Crippen molar-refractivity contribution in [3.63, 3.8) is 0 Å². The van der Waals surface area contributed by atoms with Crippen LogP contribution in [-0.4, -0.2) is 53.1 Å². The standard InChI is InChI=1S/C28H27N5O3/c1-19-14-20(16-21(15-19)25(35)32-13-12-30-24(34)18-32)17-33-26(36)28(31-27(33)29,22-8-4-2-5-9-22)23-10-6-3-7-11-23/h2-11,14-16H,12-13,17-18H2,1H3,(H2,29,31)(H,30,34). The summed E-state index contributed by atoms with van der Waals surface area (Å²) >= 11 is 0. The molecule has 0 spiro atoms. The first-order chi connectivity index (χ1) is 17.4. The summed E-state index contributed by atoms with van der Waals surface area (Å²) in [5.41, 5.74) is 2.33. The van der Waals surface area contributed by atoms with Crippen LogP contribution in [-0.2, 0) is 21.7 Å². The minimum atomic E-state index is -1.22. The number of hydrogen-bond acceptors (Lipinski definition) is 4. The molecule has 0 bridgehead atoms. The maximum atomic E-state index is 14.0. The number of rotatable bonds is 5. The van der Waals surface area contributed by atoms with Crippen molar-refractivity contribution in [3.8, 4) is 0 Å². The number of piperazine rings is 1. The third kappa shape index (κ3) is 4.11. The molecule has 182 valence electrons. The van der Waals surface area contributed by atoms with Crippen molar-refractivity contribution in [3.05, 3.63) is 107 Å². The highest BCUT2D eigenvalue weighted by Crippen LogP contribution is 2.36. The van der Waals surface area contributed by atoms with Gasteiger partial charge in [-0.3, -0.25) is 24.7 Å². The van der Waals surface area contributed by atoms with Crippen LogP contribution in [0.4, 0.5) is 0 Å². The van der Waals surface area contributed by atoms with E-state index in [9.17, 15) is 14.4 Å². The van der Waals surface area contributed by atoms with Gasteiger partial charge in [0, 0.05) is 18.7 Å². The van der Waals surface area contributed by atoms with Crippen molar-refractivity contribution in [2.24, 2.45) is 0 Å². The molecule has 3 aromatic rings. The number of benzene rings is 3. The van der Waals surface area contributed by atoms with Crippen LogP contribution in [0.25, 0.3) is 0 Å². The van der Waals surface area contributed by atoms with Gasteiger partial charge in [0.05, 0.1) is 13.1 Å². The Labute approximate surface area is 209 Å². The van der Waals surface area contributed by atoms with Crippen LogP contribution < -0.4 is 10.6 Å². The molecule has 2 heterocycles. The molecule has 3 amide bonds. The monoisotopic (exact) mass is 481 g/mol. The number of amides is 3. The zero-order chi connectivity index (χ0) is 25.3. The predicted octanol–water partition coefficient (Wildman–Crippen LogP) is 2.38. The highest BCUT2D eigenvalue weighted by Gasteiger charge is 2.52. The second-order valence-corrected chi connectivity index (χ2v) is 9.13. The zero-order valence-corrected chi connectivity index (χ0v) is 20.0. The summed E-state index contributed by atoms with van der Waals surface area (Å²) in [6.45, 7) is 2.92. The first-order valence-electron chi connectivity index (χ1n) is 11.8. The third-order valence-electron chi connectivity index (χ3n) is 6.61. The van der Waals surface area contributed by atoms with E-state index in [0.29, 0.717) is 18.7 Å². The van der Waals surface area contributed by atoms with Gasteiger partial charge in [0.15, 0.2) is 11.5 Å². The molecule has 36 heavy (non-hydrogen) atoms. The summed E-state index contributed by atoms with van der Waals surface area (Å²) in [6.07, 6.45) is 0. The number of hydrogen-bond donors (Lipinski definition) is 3. The van der Waals surface area contributed by atoms with Crippen molar-refractivity contribution in [1.29, 1.82) is 5.41 Å². The molecule has 0 aromatic heterocycles. The Morgan fingerprint density at radius 3 is 2.22 bits per heavy atom. The van der Waals surface area contributed by atoms with E-state index in [1.54, 1.807) is 12.1 Å². The van der Waals surface area contributed by atoms with Crippen LogP contribution in [0.5, 0.6) is 0 Å². The van der Waals surface area contributed by atoms with Crippen LogP contribution in [0.1, 0.15) is 32.6 Å². The topological polar surface area (TPSA) is 106 Å². The molecule has 2 aliphatic heterocycles. The molecule has 0 unspecified atom stereocenters. The Hall–Kier alpha value is -4.46. The molecule has 3 N–H and O–H groups in total. The van der Waals surface area contributed by atoms with Gasteiger partial charge in [-0.25, -0.2) is 0 Å². The first-order valence-corrected chi connectivity index (χ1v) is 11.8. The molecular weight excluding hydrogens is 454 g/mol. The first kappa shape index (κ1) is 23.3. The molecule has 8 heteroatoms. The Morgan fingerprint density at radius 1 is 0.972 bits per heavy atom. The zero-order valence-electron chi connectivity index (χ0n) is 20.0. The molecule has 2 aliphatic rings. The van der Waals surface area contributed by atoms with Gasteiger partial charge >= 0.3 is 0 Å². The largest absolute Gasteiger partial charge is 0.353 e. The Bertz CT molecular complexity index is 1300. The molecule has 5 rings (SSSR count). The highest BCUT2D eigenvalue weighted by atomic mass is 16.2. The van der Waals surface area contributed by atoms with E-state index in [2.05, 4.69) is 10.6 Å². The second-order valence-electron chi connectivity index (χ2n) is 9.13. The summed E-state index contributed by atoms with van der Waals surface area (Å²) in [4.78, 5) is 41.8. The third-order valence-corrected chi connectivity index (χ3v) is 6.61. The van der Waals surface area contributed by atoms with Crippen molar-refractivity contribution >= 4 is 23.7 Å². The number of nitrogens with zero attached hydrogens (tertiary/aromatic N) is 2. The molecule has 2 fully saturated rings. The van der Waals surface area contributed by atoms with Gasteiger partial charge in [0.1, 0.15) is 0 Å². The van der Waals surface area contributed by atoms with Gasteiger partial charge in [-0.2, -0.15) is 0 Å². The smallest absolute Gasteiger partial charge is 0.264 e. The van der Waals surface area contributed by atoms with Crippen LogP contribution in [0.2, 0.25) is 0 Å². The fourth-order valence-corrected chi connectivity index (χ4v) is 4.94.